The van der Waals surface area contributed by atoms with Crippen molar-refractivity contribution in [1.29, 1.82) is 0 Å². The maximum atomic E-state index is 10.8. The van der Waals surface area contributed by atoms with Crippen molar-refractivity contribution in [2.45, 2.75) is 36.8 Å². The summed E-state index contributed by atoms with van der Waals surface area (Å²) in [5.74, 6) is 0. The lowest BCUT2D eigenvalue weighted by Gasteiger charge is -2.46. The number of fused-ring (bicyclic) bond motifs is 1. The summed E-state index contributed by atoms with van der Waals surface area (Å²) in [5, 5.41) is 31.9. The second kappa shape index (κ2) is 7.34. The number of ether oxygens (including phenoxy) is 3. The summed E-state index contributed by atoms with van der Waals surface area (Å²) in [4.78, 5) is 10.3. The largest absolute Gasteiger partial charge is 0.387 e. The molecule has 2 aromatic carbocycles. The maximum absolute atomic E-state index is 10.8. The van der Waals surface area contributed by atoms with Gasteiger partial charge >= 0.3 is 0 Å². The normalized spacial score (nSPS) is 33.3. The third-order valence-electron chi connectivity index (χ3n) is 4.88. The van der Waals surface area contributed by atoms with Gasteiger partial charge in [0.1, 0.15) is 30.5 Å². The third-order valence-corrected chi connectivity index (χ3v) is 4.88. The van der Waals surface area contributed by atoms with Crippen LogP contribution in [-0.2, 0) is 14.2 Å². The van der Waals surface area contributed by atoms with E-state index in [0.717, 1.165) is 5.56 Å². The van der Waals surface area contributed by atoms with Crippen LogP contribution in [0.2, 0.25) is 0 Å². The van der Waals surface area contributed by atoms with Gasteiger partial charge in [-0.2, -0.15) is 0 Å². The van der Waals surface area contributed by atoms with Gasteiger partial charge in [-0.05, 0) is 17.7 Å². The number of nitro groups is 1. The number of hydrogen-bond donors (Lipinski definition) is 2. The first-order valence-electron chi connectivity index (χ1n) is 8.62. The molecule has 2 fully saturated rings. The van der Waals surface area contributed by atoms with Gasteiger partial charge in [0.2, 0.25) is 0 Å². The van der Waals surface area contributed by atoms with Crippen molar-refractivity contribution >= 4 is 5.69 Å². The average molecular weight is 373 g/mol. The van der Waals surface area contributed by atoms with Gasteiger partial charge in [0.05, 0.1) is 11.5 Å². The molecule has 8 nitrogen and oxygen atoms in total. The van der Waals surface area contributed by atoms with Gasteiger partial charge in [0.25, 0.3) is 5.69 Å². The molecule has 4 rings (SSSR count). The molecule has 2 heterocycles. The Labute approximate surface area is 155 Å². The fraction of sp³-hybridized carbons (Fsp3) is 0.368. The molecule has 0 radical (unpaired) electrons. The number of rotatable bonds is 3. The maximum Gasteiger partial charge on any atom is 0.269 e. The number of nitro benzene ring substituents is 1. The van der Waals surface area contributed by atoms with Gasteiger partial charge in [0, 0.05) is 17.7 Å². The van der Waals surface area contributed by atoms with Crippen LogP contribution in [0.4, 0.5) is 5.69 Å². The standard InChI is InChI=1S/C19H19NO7/c21-15-16(22)18-14(26-17(15)11-4-2-1-3-5-11)10-25-19(27-18)12-6-8-13(9-7-12)20(23)24/h1-9,14-19,21-22H,10H2/t14-,15-,16-,17+,18-,19-/m1/s1. The predicted octanol–water partition coefficient (Wildman–Crippen LogP) is 1.87. The quantitative estimate of drug-likeness (QED) is 0.624. The fourth-order valence-electron chi connectivity index (χ4n) is 3.45. The van der Waals surface area contributed by atoms with Crippen LogP contribution in [0.15, 0.2) is 54.6 Å². The monoisotopic (exact) mass is 373 g/mol. The molecule has 0 bridgehead atoms. The van der Waals surface area contributed by atoms with E-state index in [9.17, 15) is 20.3 Å². The zero-order chi connectivity index (χ0) is 19.0. The second-order valence-corrected chi connectivity index (χ2v) is 6.60. The van der Waals surface area contributed by atoms with E-state index in [4.69, 9.17) is 14.2 Å². The average Bonchev–Trinajstić information content (AvgIpc) is 2.71. The molecular formula is C19H19NO7. The Balaban J connectivity index is 1.50. The number of non-ortho nitro benzene ring substituents is 1. The minimum Gasteiger partial charge on any atom is -0.387 e. The molecule has 27 heavy (non-hydrogen) atoms. The van der Waals surface area contributed by atoms with Crippen molar-refractivity contribution in [3.8, 4) is 0 Å². The Hall–Kier alpha value is -2.36. The van der Waals surface area contributed by atoms with Crippen molar-refractivity contribution < 1.29 is 29.3 Å². The highest BCUT2D eigenvalue weighted by Gasteiger charge is 2.49. The Kier molecular flexibility index (Phi) is 4.90. The molecule has 2 aromatic rings. The van der Waals surface area contributed by atoms with E-state index in [2.05, 4.69) is 0 Å². The number of aliphatic hydroxyl groups excluding tert-OH is 2. The van der Waals surface area contributed by atoms with Gasteiger partial charge in [-0.15, -0.1) is 0 Å². The lowest BCUT2D eigenvalue weighted by Crippen LogP contribution is -2.59. The molecule has 142 valence electrons. The molecule has 2 saturated heterocycles. The highest BCUT2D eigenvalue weighted by atomic mass is 16.7. The molecule has 0 aromatic heterocycles. The minimum atomic E-state index is -1.15. The SMILES string of the molecule is O=[N+]([O-])c1ccc([C@@H]2OC[C@H]3O[C@@H](c4ccccc4)[C@H](O)[C@@H](O)[C@@H]3O2)cc1. The lowest BCUT2D eigenvalue weighted by molar-refractivity contribution is -0.384. The van der Waals surface area contributed by atoms with Crippen LogP contribution >= 0.6 is 0 Å². The zero-order valence-electron chi connectivity index (χ0n) is 14.3. The molecule has 8 heteroatoms. The first kappa shape index (κ1) is 18.0. The molecule has 6 atom stereocenters. The number of benzene rings is 2. The van der Waals surface area contributed by atoms with E-state index in [1.165, 1.54) is 12.1 Å². The summed E-state index contributed by atoms with van der Waals surface area (Å²) >= 11 is 0. The Morgan fingerprint density at radius 3 is 2.30 bits per heavy atom. The van der Waals surface area contributed by atoms with E-state index < -0.39 is 41.7 Å². The smallest absolute Gasteiger partial charge is 0.269 e. The number of hydrogen-bond acceptors (Lipinski definition) is 7. The summed E-state index contributed by atoms with van der Waals surface area (Å²) in [6.45, 7) is 0.166. The van der Waals surface area contributed by atoms with Crippen molar-refractivity contribution in [3.63, 3.8) is 0 Å². The first-order chi connectivity index (χ1) is 13.0. The molecule has 0 spiro atoms. The first-order valence-corrected chi connectivity index (χ1v) is 8.62. The molecule has 0 saturated carbocycles. The van der Waals surface area contributed by atoms with Crippen LogP contribution in [0, 0.1) is 10.1 Å². The van der Waals surface area contributed by atoms with Gasteiger partial charge in [-0.25, -0.2) is 0 Å². The summed E-state index contributed by atoms with van der Waals surface area (Å²) in [7, 11) is 0. The van der Waals surface area contributed by atoms with Crippen LogP contribution < -0.4 is 0 Å². The van der Waals surface area contributed by atoms with E-state index in [1.54, 1.807) is 12.1 Å². The number of nitrogens with zero attached hydrogens (tertiary/aromatic N) is 1. The molecule has 0 aliphatic carbocycles. The molecule has 0 amide bonds. The Bertz CT molecular complexity index is 795. The van der Waals surface area contributed by atoms with Crippen LogP contribution in [0.5, 0.6) is 0 Å². The Morgan fingerprint density at radius 2 is 1.63 bits per heavy atom. The van der Waals surface area contributed by atoms with Crippen LogP contribution in [-0.4, -0.2) is 46.2 Å². The third kappa shape index (κ3) is 3.45. The van der Waals surface area contributed by atoms with Crippen LogP contribution in [0.25, 0.3) is 0 Å². The van der Waals surface area contributed by atoms with Gasteiger partial charge in [0.15, 0.2) is 6.29 Å². The summed E-state index contributed by atoms with van der Waals surface area (Å²) in [6, 6.07) is 15.0. The molecule has 2 aliphatic heterocycles. The Morgan fingerprint density at radius 1 is 0.926 bits per heavy atom. The second-order valence-electron chi connectivity index (χ2n) is 6.60. The van der Waals surface area contributed by atoms with Crippen molar-refractivity contribution in [2.24, 2.45) is 0 Å². The fourth-order valence-corrected chi connectivity index (χ4v) is 3.45. The van der Waals surface area contributed by atoms with Crippen LogP contribution in [0.3, 0.4) is 0 Å². The van der Waals surface area contributed by atoms with Crippen molar-refractivity contribution in [3.05, 3.63) is 75.8 Å². The summed E-state index contributed by atoms with van der Waals surface area (Å²) in [6.07, 6.45) is -5.09. The van der Waals surface area contributed by atoms with Crippen LogP contribution in [0.1, 0.15) is 23.5 Å². The lowest BCUT2D eigenvalue weighted by atomic mass is 9.90. The van der Waals surface area contributed by atoms with E-state index in [0.29, 0.717) is 5.56 Å². The topological polar surface area (TPSA) is 111 Å². The zero-order valence-corrected chi connectivity index (χ0v) is 14.3. The van der Waals surface area contributed by atoms with E-state index in [-0.39, 0.29) is 12.3 Å². The minimum absolute atomic E-state index is 0.0328. The highest BCUT2D eigenvalue weighted by molar-refractivity contribution is 5.33. The van der Waals surface area contributed by atoms with Crippen molar-refractivity contribution in [1.82, 2.24) is 0 Å². The molecule has 2 aliphatic rings. The molecular weight excluding hydrogens is 354 g/mol. The van der Waals surface area contributed by atoms with E-state index in [1.807, 2.05) is 30.3 Å². The van der Waals surface area contributed by atoms with Crippen molar-refractivity contribution in [2.75, 3.05) is 6.61 Å². The summed E-state index contributed by atoms with van der Waals surface area (Å²) in [5.41, 5.74) is 1.32. The highest BCUT2D eigenvalue weighted by Crippen LogP contribution is 2.39. The number of aliphatic hydroxyl groups is 2. The van der Waals surface area contributed by atoms with Gasteiger partial charge < -0.3 is 24.4 Å². The van der Waals surface area contributed by atoms with Gasteiger partial charge in [-0.1, -0.05) is 30.3 Å². The summed E-state index contributed by atoms with van der Waals surface area (Å²) < 4.78 is 17.5. The van der Waals surface area contributed by atoms with E-state index >= 15 is 0 Å². The van der Waals surface area contributed by atoms with Gasteiger partial charge in [-0.3, -0.25) is 10.1 Å². The molecule has 0 unspecified atom stereocenters. The molecule has 2 N–H and O–H groups in total. The predicted molar refractivity (Wildman–Crippen MR) is 92.7 cm³/mol.